The van der Waals surface area contributed by atoms with Gasteiger partial charge in [0.05, 0.1) is 18.0 Å². The quantitative estimate of drug-likeness (QED) is 0.699. The SMILES string of the molecule is CCOC(=O)N1c2cc(Cl)ccc2CCc2ccc(Cl)cc21. The maximum absolute atomic E-state index is 12.5. The summed E-state index contributed by atoms with van der Waals surface area (Å²) in [7, 11) is 0. The van der Waals surface area contributed by atoms with Gasteiger partial charge in [-0.3, -0.25) is 0 Å². The predicted molar refractivity (Wildman–Crippen MR) is 89.5 cm³/mol. The van der Waals surface area contributed by atoms with Crippen molar-refractivity contribution in [3.8, 4) is 0 Å². The van der Waals surface area contributed by atoms with Gasteiger partial charge in [-0.15, -0.1) is 0 Å². The minimum absolute atomic E-state index is 0.307. The van der Waals surface area contributed by atoms with Gasteiger partial charge in [0.2, 0.25) is 0 Å². The second-order valence-corrected chi connectivity index (χ2v) is 5.95. The molecule has 2 aromatic carbocycles. The molecule has 0 saturated heterocycles. The normalized spacial score (nSPS) is 13.1. The second kappa shape index (κ2) is 6.19. The van der Waals surface area contributed by atoms with E-state index >= 15 is 0 Å². The molecule has 1 aliphatic heterocycles. The zero-order valence-electron chi connectivity index (χ0n) is 12.1. The van der Waals surface area contributed by atoms with Gasteiger partial charge in [0.25, 0.3) is 0 Å². The highest BCUT2D eigenvalue weighted by Crippen LogP contribution is 2.39. The van der Waals surface area contributed by atoms with Gasteiger partial charge in [-0.05, 0) is 55.2 Å². The first-order valence-electron chi connectivity index (χ1n) is 7.14. The van der Waals surface area contributed by atoms with Crippen LogP contribution in [-0.2, 0) is 17.6 Å². The third-order valence-corrected chi connectivity index (χ3v) is 4.16. The minimum atomic E-state index is -0.420. The number of ether oxygens (including phenoxy) is 1. The Balaban J connectivity index is 2.21. The van der Waals surface area contributed by atoms with Crippen LogP contribution in [-0.4, -0.2) is 12.7 Å². The Hall–Kier alpha value is -1.71. The van der Waals surface area contributed by atoms with E-state index in [9.17, 15) is 4.79 Å². The van der Waals surface area contributed by atoms with E-state index in [2.05, 4.69) is 0 Å². The van der Waals surface area contributed by atoms with Crippen LogP contribution in [0.5, 0.6) is 0 Å². The third-order valence-electron chi connectivity index (χ3n) is 3.69. The Morgan fingerprint density at radius 3 is 2.00 bits per heavy atom. The average Bonchev–Trinajstić information content (AvgIpc) is 2.63. The molecule has 22 heavy (non-hydrogen) atoms. The molecule has 3 nitrogen and oxygen atoms in total. The molecular formula is C17H15Cl2NO2. The van der Waals surface area contributed by atoms with Crippen LogP contribution < -0.4 is 4.90 Å². The average molecular weight is 336 g/mol. The Morgan fingerprint density at radius 2 is 1.55 bits per heavy atom. The number of carbonyl (C=O) groups excluding carboxylic acids is 1. The molecule has 114 valence electrons. The lowest BCUT2D eigenvalue weighted by atomic mass is 10.0. The van der Waals surface area contributed by atoms with Gasteiger partial charge in [-0.2, -0.15) is 0 Å². The monoisotopic (exact) mass is 335 g/mol. The molecule has 1 aliphatic rings. The fourth-order valence-electron chi connectivity index (χ4n) is 2.70. The predicted octanol–water partition coefficient (Wildman–Crippen LogP) is 5.39. The smallest absolute Gasteiger partial charge is 0.418 e. The molecule has 0 spiro atoms. The summed E-state index contributed by atoms with van der Waals surface area (Å²) in [4.78, 5) is 14.1. The number of anilines is 2. The van der Waals surface area contributed by atoms with E-state index in [1.54, 1.807) is 24.0 Å². The topological polar surface area (TPSA) is 29.5 Å². The van der Waals surface area contributed by atoms with E-state index in [1.165, 1.54) is 0 Å². The Bertz CT molecular complexity index is 677. The summed E-state index contributed by atoms with van der Waals surface area (Å²) < 4.78 is 5.23. The summed E-state index contributed by atoms with van der Waals surface area (Å²) in [6, 6.07) is 11.2. The van der Waals surface area contributed by atoms with E-state index < -0.39 is 6.09 Å². The number of nitrogens with zero attached hydrogens (tertiary/aromatic N) is 1. The summed E-state index contributed by atoms with van der Waals surface area (Å²) in [6.45, 7) is 2.09. The number of hydrogen-bond donors (Lipinski definition) is 0. The number of halogens is 2. The van der Waals surface area contributed by atoms with Crippen LogP contribution in [0.1, 0.15) is 18.1 Å². The van der Waals surface area contributed by atoms with Crippen LogP contribution in [0, 0.1) is 0 Å². The molecule has 0 atom stereocenters. The molecule has 0 N–H and O–H groups in total. The van der Waals surface area contributed by atoms with Crippen LogP contribution in [0.25, 0.3) is 0 Å². The maximum Gasteiger partial charge on any atom is 0.418 e. The summed E-state index contributed by atoms with van der Waals surface area (Å²) in [5.74, 6) is 0. The van der Waals surface area contributed by atoms with Crippen molar-refractivity contribution in [1.29, 1.82) is 0 Å². The van der Waals surface area contributed by atoms with Gasteiger partial charge in [-0.25, -0.2) is 9.69 Å². The van der Waals surface area contributed by atoms with Gasteiger partial charge < -0.3 is 4.74 Å². The Kier molecular flexibility index (Phi) is 4.27. The molecular weight excluding hydrogens is 321 g/mol. The first-order valence-corrected chi connectivity index (χ1v) is 7.89. The first kappa shape index (κ1) is 15.2. The lowest BCUT2D eigenvalue weighted by Crippen LogP contribution is -2.27. The van der Waals surface area contributed by atoms with Gasteiger partial charge >= 0.3 is 6.09 Å². The number of rotatable bonds is 1. The summed E-state index contributed by atoms with van der Waals surface area (Å²) in [5.41, 5.74) is 3.63. The van der Waals surface area contributed by atoms with Crippen LogP contribution in [0.3, 0.4) is 0 Å². The lowest BCUT2D eigenvalue weighted by molar-refractivity contribution is 0.162. The van der Waals surface area contributed by atoms with Crippen molar-refractivity contribution in [3.05, 3.63) is 57.6 Å². The molecule has 0 aromatic heterocycles. The third kappa shape index (κ3) is 2.79. The number of amides is 1. The largest absolute Gasteiger partial charge is 0.449 e. The number of carbonyl (C=O) groups is 1. The highest BCUT2D eigenvalue weighted by molar-refractivity contribution is 6.31. The van der Waals surface area contributed by atoms with Crippen LogP contribution in [0.4, 0.5) is 16.2 Å². The van der Waals surface area contributed by atoms with E-state index in [0.29, 0.717) is 16.7 Å². The summed E-state index contributed by atoms with van der Waals surface area (Å²) in [6.07, 6.45) is 1.24. The van der Waals surface area contributed by atoms with Crippen molar-refractivity contribution in [2.45, 2.75) is 19.8 Å². The van der Waals surface area contributed by atoms with Crippen LogP contribution >= 0.6 is 23.2 Å². The second-order valence-electron chi connectivity index (χ2n) is 5.08. The fraction of sp³-hybridized carbons (Fsp3) is 0.235. The van der Waals surface area contributed by atoms with E-state index in [4.69, 9.17) is 27.9 Å². The van der Waals surface area contributed by atoms with Crippen LogP contribution in [0.2, 0.25) is 10.0 Å². The molecule has 0 saturated carbocycles. The summed E-state index contributed by atoms with van der Waals surface area (Å²) in [5, 5.41) is 1.16. The molecule has 0 unspecified atom stereocenters. The molecule has 3 rings (SSSR count). The first-order chi connectivity index (χ1) is 10.6. The molecule has 0 radical (unpaired) electrons. The molecule has 0 aliphatic carbocycles. The molecule has 5 heteroatoms. The van der Waals surface area contributed by atoms with E-state index in [1.807, 2.05) is 24.3 Å². The van der Waals surface area contributed by atoms with Crippen molar-refractivity contribution in [2.24, 2.45) is 0 Å². The van der Waals surface area contributed by atoms with Crippen molar-refractivity contribution < 1.29 is 9.53 Å². The van der Waals surface area contributed by atoms with Gasteiger partial charge in [0, 0.05) is 10.0 Å². The van der Waals surface area contributed by atoms with Crippen molar-refractivity contribution in [2.75, 3.05) is 11.5 Å². The number of aryl methyl sites for hydroxylation is 2. The van der Waals surface area contributed by atoms with E-state index in [0.717, 1.165) is 35.3 Å². The maximum atomic E-state index is 12.5. The zero-order chi connectivity index (χ0) is 15.7. The number of hydrogen-bond acceptors (Lipinski definition) is 2. The number of benzene rings is 2. The fourth-order valence-corrected chi connectivity index (χ4v) is 3.03. The van der Waals surface area contributed by atoms with Crippen LogP contribution in [0.15, 0.2) is 36.4 Å². The number of fused-ring (bicyclic) bond motifs is 2. The van der Waals surface area contributed by atoms with E-state index in [-0.39, 0.29) is 0 Å². The highest BCUT2D eigenvalue weighted by Gasteiger charge is 2.27. The standard InChI is InChI=1S/C17H15Cl2NO2/c1-2-22-17(21)20-15-9-13(18)7-5-11(15)3-4-12-6-8-14(19)10-16(12)20/h5-10H,2-4H2,1H3. The molecule has 1 amide bonds. The minimum Gasteiger partial charge on any atom is -0.449 e. The van der Waals surface area contributed by atoms with Crippen molar-refractivity contribution in [1.82, 2.24) is 0 Å². The van der Waals surface area contributed by atoms with Crippen molar-refractivity contribution in [3.63, 3.8) is 0 Å². The zero-order valence-corrected chi connectivity index (χ0v) is 13.6. The van der Waals surface area contributed by atoms with Gasteiger partial charge in [0.15, 0.2) is 0 Å². The van der Waals surface area contributed by atoms with Gasteiger partial charge in [-0.1, -0.05) is 35.3 Å². The molecule has 0 bridgehead atoms. The summed E-state index contributed by atoms with van der Waals surface area (Å²) >= 11 is 12.3. The Labute approximate surface area is 139 Å². The Morgan fingerprint density at radius 1 is 1.05 bits per heavy atom. The lowest BCUT2D eigenvalue weighted by Gasteiger charge is -2.24. The van der Waals surface area contributed by atoms with Gasteiger partial charge in [0.1, 0.15) is 0 Å². The molecule has 2 aromatic rings. The highest BCUT2D eigenvalue weighted by atomic mass is 35.5. The molecule has 0 fully saturated rings. The molecule has 1 heterocycles. The van der Waals surface area contributed by atoms with Crippen molar-refractivity contribution >= 4 is 40.7 Å².